The largest absolute Gasteiger partial charge is 0.276 e. The fourth-order valence-electron chi connectivity index (χ4n) is 2.31. The zero-order valence-corrected chi connectivity index (χ0v) is 12.2. The van der Waals surface area contributed by atoms with Crippen molar-refractivity contribution in [3.8, 4) is 0 Å². The van der Waals surface area contributed by atoms with Crippen molar-refractivity contribution in [3.63, 3.8) is 0 Å². The fraction of sp³-hybridized carbons (Fsp3) is 0.467. The van der Waals surface area contributed by atoms with Crippen molar-refractivity contribution in [3.05, 3.63) is 29.5 Å². The van der Waals surface area contributed by atoms with E-state index in [0.29, 0.717) is 5.56 Å². The van der Waals surface area contributed by atoms with Crippen LogP contribution in [0.1, 0.15) is 49.2 Å². The van der Waals surface area contributed by atoms with Gasteiger partial charge in [-0.2, -0.15) is 5.10 Å². The number of hydrogen-bond donors (Lipinski definition) is 0. The Morgan fingerprint density at radius 1 is 1.32 bits per heavy atom. The van der Waals surface area contributed by atoms with Crippen LogP contribution >= 0.6 is 11.6 Å². The lowest BCUT2D eigenvalue weighted by molar-refractivity contribution is 0.108. The average molecular weight is 279 g/mol. The molecule has 0 amide bonds. The van der Waals surface area contributed by atoms with Crippen molar-refractivity contribution < 1.29 is 4.79 Å². The normalized spacial score (nSPS) is 11.1. The first-order chi connectivity index (χ1) is 9.17. The van der Waals surface area contributed by atoms with E-state index in [1.807, 2.05) is 16.8 Å². The molecule has 0 spiro atoms. The van der Waals surface area contributed by atoms with E-state index < -0.39 is 5.24 Å². The first-order valence-corrected chi connectivity index (χ1v) is 7.24. The maximum atomic E-state index is 11.3. The maximum Gasteiger partial charge on any atom is 0.252 e. The van der Waals surface area contributed by atoms with Gasteiger partial charge in [0.15, 0.2) is 0 Å². The molecule has 3 nitrogen and oxygen atoms in total. The molecule has 0 saturated carbocycles. The summed E-state index contributed by atoms with van der Waals surface area (Å²) in [7, 11) is 0. The van der Waals surface area contributed by atoms with Crippen LogP contribution in [0.25, 0.3) is 10.9 Å². The van der Waals surface area contributed by atoms with Gasteiger partial charge in [-0.3, -0.25) is 9.48 Å². The van der Waals surface area contributed by atoms with E-state index in [-0.39, 0.29) is 0 Å². The third kappa shape index (κ3) is 2.98. The molecule has 1 aromatic heterocycles. The monoisotopic (exact) mass is 278 g/mol. The quantitative estimate of drug-likeness (QED) is 0.587. The minimum Gasteiger partial charge on any atom is -0.276 e. The van der Waals surface area contributed by atoms with Crippen molar-refractivity contribution >= 4 is 27.7 Å². The second kappa shape index (κ2) is 6.20. The molecule has 0 aliphatic rings. The second-order valence-corrected chi connectivity index (χ2v) is 5.08. The van der Waals surface area contributed by atoms with Gasteiger partial charge in [-0.15, -0.1) is 0 Å². The van der Waals surface area contributed by atoms with E-state index in [4.69, 9.17) is 11.6 Å². The minimum absolute atomic E-state index is 0.416. The number of rotatable bonds is 6. The molecular weight excluding hydrogens is 260 g/mol. The number of benzene rings is 1. The molecule has 0 N–H and O–H groups in total. The number of carbonyl (C=O) groups is 1. The van der Waals surface area contributed by atoms with Crippen LogP contribution in [-0.4, -0.2) is 15.0 Å². The molecular formula is C15H19ClN2O. The van der Waals surface area contributed by atoms with Crippen LogP contribution in [0, 0.1) is 0 Å². The molecule has 0 aliphatic carbocycles. The number of carbonyl (C=O) groups excluding carboxylic acids is 1. The highest BCUT2D eigenvalue weighted by Gasteiger charge is 2.11. The van der Waals surface area contributed by atoms with E-state index in [0.717, 1.165) is 36.0 Å². The summed E-state index contributed by atoms with van der Waals surface area (Å²) >= 11 is 5.55. The van der Waals surface area contributed by atoms with E-state index in [2.05, 4.69) is 18.9 Å². The van der Waals surface area contributed by atoms with Gasteiger partial charge in [-0.1, -0.05) is 32.8 Å². The van der Waals surface area contributed by atoms with Crippen molar-refractivity contribution in [1.29, 1.82) is 0 Å². The van der Waals surface area contributed by atoms with Gasteiger partial charge in [0.25, 0.3) is 5.24 Å². The smallest absolute Gasteiger partial charge is 0.252 e. The summed E-state index contributed by atoms with van der Waals surface area (Å²) < 4.78 is 2.01. The standard InChI is InChI=1S/C15H19ClN2O/c1-3-5-6-9-18-14-10-11(15(16)19)7-8-12(14)13(4-2)17-18/h7-8,10H,3-6,9H2,1-2H3. The summed E-state index contributed by atoms with van der Waals surface area (Å²) in [4.78, 5) is 11.3. The Morgan fingerprint density at radius 2 is 2.11 bits per heavy atom. The van der Waals surface area contributed by atoms with E-state index in [9.17, 15) is 4.79 Å². The number of halogens is 1. The van der Waals surface area contributed by atoms with Gasteiger partial charge in [0.1, 0.15) is 0 Å². The molecule has 0 saturated heterocycles. The maximum absolute atomic E-state index is 11.3. The number of aromatic nitrogens is 2. The van der Waals surface area contributed by atoms with E-state index in [1.54, 1.807) is 6.07 Å². The highest BCUT2D eigenvalue weighted by atomic mass is 35.5. The second-order valence-electron chi connectivity index (χ2n) is 4.74. The Hall–Kier alpha value is -1.35. The Labute approximate surface area is 118 Å². The predicted octanol–water partition coefficient (Wildman–Crippen LogP) is 4.17. The Bertz CT molecular complexity index is 589. The van der Waals surface area contributed by atoms with Gasteiger partial charge < -0.3 is 0 Å². The summed E-state index contributed by atoms with van der Waals surface area (Å²) in [6.45, 7) is 5.17. The van der Waals surface area contributed by atoms with Crippen LogP contribution in [-0.2, 0) is 13.0 Å². The molecule has 2 rings (SSSR count). The summed E-state index contributed by atoms with van der Waals surface area (Å²) in [5.74, 6) is 0. The molecule has 0 bridgehead atoms. The van der Waals surface area contributed by atoms with Crippen LogP contribution in [0.5, 0.6) is 0 Å². The van der Waals surface area contributed by atoms with E-state index in [1.165, 1.54) is 12.8 Å². The minimum atomic E-state index is -0.416. The zero-order valence-electron chi connectivity index (χ0n) is 11.4. The third-order valence-corrected chi connectivity index (χ3v) is 3.58. The molecule has 0 aliphatic heterocycles. The van der Waals surface area contributed by atoms with Crippen molar-refractivity contribution in [2.24, 2.45) is 0 Å². The molecule has 0 unspecified atom stereocenters. The fourth-order valence-corrected chi connectivity index (χ4v) is 2.43. The topological polar surface area (TPSA) is 34.9 Å². The number of hydrogen-bond acceptors (Lipinski definition) is 2. The highest BCUT2D eigenvalue weighted by Crippen LogP contribution is 2.22. The van der Waals surface area contributed by atoms with Gasteiger partial charge in [0.05, 0.1) is 11.2 Å². The van der Waals surface area contributed by atoms with Gasteiger partial charge >= 0.3 is 0 Å². The number of nitrogens with zero attached hydrogens (tertiary/aromatic N) is 2. The SMILES string of the molecule is CCCCCn1nc(CC)c2ccc(C(=O)Cl)cc21. The van der Waals surface area contributed by atoms with Crippen molar-refractivity contribution in [2.75, 3.05) is 0 Å². The van der Waals surface area contributed by atoms with Gasteiger partial charge in [-0.05, 0) is 36.6 Å². The molecule has 0 fully saturated rings. The summed E-state index contributed by atoms with van der Waals surface area (Å²) in [5, 5.41) is 5.35. The average Bonchev–Trinajstić information content (AvgIpc) is 2.76. The first kappa shape index (κ1) is 14.1. The van der Waals surface area contributed by atoms with Crippen LogP contribution in [0.3, 0.4) is 0 Å². The lowest BCUT2D eigenvalue weighted by Crippen LogP contribution is -2.01. The van der Waals surface area contributed by atoms with Crippen molar-refractivity contribution in [2.45, 2.75) is 46.1 Å². The van der Waals surface area contributed by atoms with Gasteiger partial charge in [0, 0.05) is 17.5 Å². The number of fused-ring (bicyclic) bond motifs is 1. The first-order valence-electron chi connectivity index (χ1n) is 6.86. The third-order valence-electron chi connectivity index (χ3n) is 3.36. The summed E-state index contributed by atoms with van der Waals surface area (Å²) in [6, 6.07) is 5.57. The lowest BCUT2D eigenvalue weighted by Gasteiger charge is -2.03. The van der Waals surface area contributed by atoms with Gasteiger partial charge in [0.2, 0.25) is 0 Å². The molecule has 19 heavy (non-hydrogen) atoms. The Balaban J connectivity index is 2.43. The zero-order chi connectivity index (χ0) is 13.8. The molecule has 102 valence electrons. The summed E-state index contributed by atoms with van der Waals surface area (Å²) in [6.07, 6.45) is 4.38. The predicted molar refractivity (Wildman–Crippen MR) is 78.8 cm³/mol. The highest BCUT2D eigenvalue weighted by molar-refractivity contribution is 6.67. The Kier molecular flexibility index (Phi) is 4.59. The van der Waals surface area contributed by atoms with Crippen molar-refractivity contribution in [1.82, 2.24) is 9.78 Å². The number of aryl methyl sites for hydroxylation is 2. The number of unbranched alkanes of at least 4 members (excludes halogenated alkanes) is 2. The van der Waals surface area contributed by atoms with Gasteiger partial charge in [-0.25, -0.2) is 0 Å². The van der Waals surface area contributed by atoms with Crippen LogP contribution < -0.4 is 0 Å². The molecule has 1 aromatic carbocycles. The van der Waals surface area contributed by atoms with Crippen LogP contribution in [0.2, 0.25) is 0 Å². The molecule has 0 atom stereocenters. The lowest BCUT2D eigenvalue weighted by atomic mass is 10.1. The molecule has 4 heteroatoms. The molecule has 1 heterocycles. The van der Waals surface area contributed by atoms with E-state index >= 15 is 0 Å². The molecule has 2 aromatic rings. The Morgan fingerprint density at radius 3 is 2.74 bits per heavy atom. The van der Waals surface area contributed by atoms with Crippen LogP contribution in [0.4, 0.5) is 0 Å². The summed E-state index contributed by atoms with van der Waals surface area (Å²) in [5.41, 5.74) is 2.63. The van der Waals surface area contributed by atoms with Crippen LogP contribution in [0.15, 0.2) is 18.2 Å². The molecule has 0 radical (unpaired) electrons.